The van der Waals surface area contributed by atoms with E-state index in [9.17, 15) is 0 Å². The number of rotatable bonds is 5. The molecule has 2 rings (SSSR count). The van der Waals surface area contributed by atoms with Crippen molar-refractivity contribution in [3.05, 3.63) is 34.9 Å². The molecule has 1 saturated heterocycles. The molecule has 1 unspecified atom stereocenters. The molecule has 1 aromatic carbocycles. The molecular formula is C17H28N2. The number of likely N-dealkylation sites (tertiary alicyclic amines) is 1. The maximum Gasteiger partial charge on any atom is 0.0451 e. The van der Waals surface area contributed by atoms with Crippen molar-refractivity contribution in [2.24, 2.45) is 0 Å². The standard InChI is InChI=1S/C17H28N2/c1-4-18-17(13-19-10-6-5-7-11-19)16-9-8-14(2)12-15(16)3/h8-9,12,17-18H,4-7,10-11,13H2,1-3H3. The van der Waals surface area contributed by atoms with Gasteiger partial charge in [-0.2, -0.15) is 0 Å². The summed E-state index contributed by atoms with van der Waals surface area (Å²) in [4.78, 5) is 2.62. The number of nitrogens with one attached hydrogen (secondary N) is 1. The van der Waals surface area contributed by atoms with Gasteiger partial charge in [-0.25, -0.2) is 0 Å². The summed E-state index contributed by atoms with van der Waals surface area (Å²) < 4.78 is 0. The Hall–Kier alpha value is -0.860. The van der Waals surface area contributed by atoms with Crippen molar-refractivity contribution in [2.45, 2.75) is 46.1 Å². The average Bonchev–Trinajstić information content (AvgIpc) is 2.39. The lowest BCUT2D eigenvalue weighted by Gasteiger charge is -2.31. The van der Waals surface area contributed by atoms with Crippen molar-refractivity contribution in [3.8, 4) is 0 Å². The normalized spacial score (nSPS) is 18.5. The van der Waals surface area contributed by atoms with Gasteiger partial charge >= 0.3 is 0 Å². The third-order valence-electron chi connectivity index (χ3n) is 4.14. The molecule has 0 amide bonds. The van der Waals surface area contributed by atoms with E-state index in [1.54, 1.807) is 0 Å². The van der Waals surface area contributed by atoms with Crippen LogP contribution in [0.25, 0.3) is 0 Å². The van der Waals surface area contributed by atoms with Gasteiger partial charge in [-0.1, -0.05) is 37.1 Å². The van der Waals surface area contributed by atoms with E-state index in [2.05, 4.69) is 49.2 Å². The Morgan fingerprint density at radius 2 is 1.89 bits per heavy atom. The minimum absolute atomic E-state index is 0.476. The van der Waals surface area contributed by atoms with Gasteiger partial charge in [0.15, 0.2) is 0 Å². The van der Waals surface area contributed by atoms with Crippen LogP contribution < -0.4 is 5.32 Å². The number of likely N-dealkylation sites (N-methyl/N-ethyl adjacent to an activating group) is 1. The van der Waals surface area contributed by atoms with E-state index in [1.807, 2.05) is 0 Å². The van der Waals surface area contributed by atoms with Crippen LogP contribution in [0, 0.1) is 13.8 Å². The summed E-state index contributed by atoms with van der Waals surface area (Å²) in [7, 11) is 0. The SMILES string of the molecule is CCNC(CN1CCCCC1)c1ccc(C)cc1C. The monoisotopic (exact) mass is 260 g/mol. The largest absolute Gasteiger partial charge is 0.309 e. The van der Waals surface area contributed by atoms with E-state index in [1.165, 1.54) is 49.0 Å². The first-order valence-electron chi connectivity index (χ1n) is 7.73. The third-order valence-corrected chi connectivity index (χ3v) is 4.14. The van der Waals surface area contributed by atoms with E-state index < -0.39 is 0 Å². The summed E-state index contributed by atoms with van der Waals surface area (Å²) in [6.07, 6.45) is 4.14. The molecule has 2 nitrogen and oxygen atoms in total. The second-order valence-electron chi connectivity index (χ2n) is 5.83. The van der Waals surface area contributed by atoms with Crippen molar-refractivity contribution in [2.75, 3.05) is 26.2 Å². The quantitative estimate of drug-likeness (QED) is 0.872. The molecular weight excluding hydrogens is 232 g/mol. The fraction of sp³-hybridized carbons (Fsp3) is 0.647. The first-order valence-corrected chi connectivity index (χ1v) is 7.73. The van der Waals surface area contributed by atoms with Gasteiger partial charge in [-0.3, -0.25) is 0 Å². The predicted molar refractivity (Wildman–Crippen MR) is 82.6 cm³/mol. The van der Waals surface area contributed by atoms with Crippen LogP contribution in [0.15, 0.2) is 18.2 Å². The number of piperidine rings is 1. The van der Waals surface area contributed by atoms with Gasteiger partial charge in [0.25, 0.3) is 0 Å². The fourth-order valence-electron chi connectivity index (χ4n) is 3.14. The van der Waals surface area contributed by atoms with Crippen molar-refractivity contribution in [1.29, 1.82) is 0 Å². The number of hydrogen-bond donors (Lipinski definition) is 1. The molecule has 0 aliphatic carbocycles. The van der Waals surface area contributed by atoms with Crippen molar-refractivity contribution in [3.63, 3.8) is 0 Å². The van der Waals surface area contributed by atoms with E-state index in [0.717, 1.165) is 13.1 Å². The van der Waals surface area contributed by atoms with Crippen LogP contribution in [0.4, 0.5) is 0 Å². The molecule has 1 heterocycles. The molecule has 1 aliphatic heterocycles. The van der Waals surface area contributed by atoms with Gasteiger partial charge < -0.3 is 10.2 Å². The average molecular weight is 260 g/mol. The summed E-state index contributed by atoms with van der Waals surface area (Å²) in [6, 6.07) is 7.32. The second kappa shape index (κ2) is 7.06. The summed E-state index contributed by atoms with van der Waals surface area (Å²) in [5, 5.41) is 3.66. The van der Waals surface area contributed by atoms with Gasteiger partial charge in [0.1, 0.15) is 0 Å². The summed E-state index contributed by atoms with van der Waals surface area (Å²) in [6.45, 7) is 11.3. The zero-order valence-corrected chi connectivity index (χ0v) is 12.7. The van der Waals surface area contributed by atoms with Crippen LogP contribution in [-0.4, -0.2) is 31.1 Å². The lowest BCUT2D eigenvalue weighted by Crippen LogP contribution is -2.38. The van der Waals surface area contributed by atoms with Crippen LogP contribution in [-0.2, 0) is 0 Å². The first kappa shape index (κ1) is 14.5. The molecule has 0 radical (unpaired) electrons. The van der Waals surface area contributed by atoms with Crippen molar-refractivity contribution >= 4 is 0 Å². The highest BCUT2D eigenvalue weighted by molar-refractivity contribution is 5.33. The molecule has 0 bridgehead atoms. The topological polar surface area (TPSA) is 15.3 Å². The minimum atomic E-state index is 0.476. The number of hydrogen-bond acceptors (Lipinski definition) is 2. The minimum Gasteiger partial charge on any atom is -0.309 e. The number of nitrogens with zero attached hydrogens (tertiary/aromatic N) is 1. The summed E-state index contributed by atoms with van der Waals surface area (Å²) in [5.74, 6) is 0. The Bertz CT molecular complexity index is 394. The molecule has 1 atom stereocenters. The molecule has 1 N–H and O–H groups in total. The van der Waals surface area contributed by atoms with Gasteiger partial charge in [0.05, 0.1) is 0 Å². The zero-order chi connectivity index (χ0) is 13.7. The van der Waals surface area contributed by atoms with Crippen molar-refractivity contribution in [1.82, 2.24) is 10.2 Å². The molecule has 1 fully saturated rings. The van der Waals surface area contributed by atoms with E-state index >= 15 is 0 Å². The molecule has 0 saturated carbocycles. The predicted octanol–water partition coefficient (Wildman–Crippen LogP) is 3.44. The fourth-order valence-corrected chi connectivity index (χ4v) is 3.14. The second-order valence-corrected chi connectivity index (χ2v) is 5.83. The van der Waals surface area contributed by atoms with Gasteiger partial charge in [0.2, 0.25) is 0 Å². The third kappa shape index (κ3) is 4.05. The molecule has 0 aromatic heterocycles. The van der Waals surface area contributed by atoms with Crippen LogP contribution in [0.3, 0.4) is 0 Å². The maximum atomic E-state index is 3.66. The van der Waals surface area contributed by atoms with Crippen LogP contribution in [0.5, 0.6) is 0 Å². The van der Waals surface area contributed by atoms with Crippen LogP contribution in [0.2, 0.25) is 0 Å². The first-order chi connectivity index (χ1) is 9.20. The molecule has 0 spiro atoms. The van der Waals surface area contributed by atoms with Gasteiger partial charge in [0, 0.05) is 12.6 Å². The highest BCUT2D eigenvalue weighted by Gasteiger charge is 2.18. The molecule has 1 aliphatic rings. The molecule has 19 heavy (non-hydrogen) atoms. The molecule has 106 valence electrons. The van der Waals surface area contributed by atoms with Gasteiger partial charge in [-0.15, -0.1) is 0 Å². The zero-order valence-electron chi connectivity index (χ0n) is 12.7. The number of benzene rings is 1. The van der Waals surface area contributed by atoms with E-state index in [4.69, 9.17) is 0 Å². The number of aryl methyl sites for hydroxylation is 2. The summed E-state index contributed by atoms with van der Waals surface area (Å²) in [5.41, 5.74) is 4.25. The smallest absolute Gasteiger partial charge is 0.0451 e. The summed E-state index contributed by atoms with van der Waals surface area (Å²) >= 11 is 0. The van der Waals surface area contributed by atoms with Crippen molar-refractivity contribution < 1.29 is 0 Å². The highest BCUT2D eigenvalue weighted by Crippen LogP contribution is 2.21. The van der Waals surface area contributed by atoms with Crippen LogP contribution in [0.1, 0.15) is 48.9 Å². The van der Waals surface area contributed by atoms with E-state index in [0.29, 0.717) is 6.04 Å². The lowest BCUT2D eigenvalue weighted by molar-refractivity contribution is 0.206. The Morgan fingerprint density at radius 1 is 1.16 bits per heavy atom. The Kier molecular flexibility index (Phi) is 5.41. The Morgan fingerprint density at radius 3 is 2.53 bits per heavy atom. The highest BCUT2D eigenvalue weighted by atomic mass is 15.1. The van der Waals surface area contributed by atoms with Crippen LogP contribution >= 0.6 is 0 Å². The Balaban J connectivity index is 2.09. The maximum absolute atomic E-state index is 3.66. The van der Waals surface area contributed by atoms with Gasteiger partial charge in [-0.05, 0) is 57.5 Å². The van der Waals surface area contributed by atoms with E-state index in [-0.39, 0.29) is 0 Å². The molecule has 1 aromatic rings. The molecule has 2 heteroatoms. The Labute approximate surface area is 118 Å². The lowest BCUT2D eigenvalue weighted by atomic mass is 9.98.